The first-order valence-corrected chi connectivity index (χ1v) is 10.0. The van der Waals surface area contributed by atoms with E-state index < -0.39 is 8.07 Å². The van der Waals surface area contributed by atoms with E-state index in [2.05, 4.69) is 50.0 Å². The fourth-order valence-electron chi connectivity index (χ4n) is 1.63. The number of fused-ring (bicyclic) bond motifs is 1. The van der Waals surface area contributed by atoms with Crippen LogP contribution >= 0.6 is 11.3 Å². The predicted molar refractivity (Wildman–Crippen MR) is 74.9 cm³/mol. The monoisotopic (exact) mass is 250 g/mol. The number of aliphatic hydroxyl groups is 1. The van der Waals surface area contributed by atoms with Gasteiger partial charge in [-0.1, -0.05) is 37.8 Å². The molecule has 0 spiro atoms. The second kappa shape index (κ2) is 4.32. The third-order valence-electron chi connectivity index (χ3n) is 2.87. The molecule has 3 heteroatoms. The average Bonchev–Trinajstić information content (AvgIpc) is 2.58. The van der Waals surface area contributed by atoms with Crippen molar-refractivity contribution in [3.8, 4) is 0 Å². The third kappa shape index (κ3) is 2.54. The van der Waals surface area contributed by atoms with Gasteiger partial charge in [0.15, 0.2) is 0 Å². The standard InChI is InChI=1S/C13H18OSSi/c1-16(2,3)13(14)9-11-8-10-6-4-5-7-12(10)15-11/h4-8,13-14H,9H2,1-3H3. The van der Waals surface area contributed by atoms with Crippen LogP contribution in [-0.2, 0) is 6.42 Å². The molecule has 0 aliphatic heterocycles. The van der Waals surface area contributed by atoms with Gasteiger partial charge < -0.3 is 5.11 Å². The Balaban J connectivity index is 2.22. The van der Waals surface area contributed by atoms with E-state index in [4.69, 9.17) is 0 Å². The van der Waals surface area contributed by atoms with Crippen LogP contribution in [0.2, 0.25) is 19.6 Å². The van der Waals surface area contributed by atoms with Crippen molar-refractivity contribution < 1.29 is 5.11 Å². The molecule has 1 aromatic heterocycles. The first kappa shape index (κ1) is 11.8. The number of benzene rings is 1. The zero-order valence-electron chi connectivity index (χ0n) is 10.0. The Kier molecular flexibility index (Phi) is 3.19. The fourth-order valence-corrected chi connectivity index (χ4v) is 3.72. The predicted octanol–water partition coefficient (Wildman–Crippen LogP) is 3.68. The summed E-state index contributed by atoms with van der Waals surface area (Å²) in [5, 5.41) is 11.4. The topological polar surface area (TPSA) is 20.2 Å². The van der Waals surface area contributed by atoms with Crippen LogP contribution in [0.4, 0.5) is 0 Å². The van der Waals surface area contributed by atoms with Crippen LogP contribution in [0, 0.1) is 0 Å². The lowest BCUT2D eigenvalue weighted by molar-refractivity contribution is 0.245. The highest BCUT2D eigenvalue weighted by molar-refractivity contribution is 7.19. The SMILES string of the molecule is C[Si](C)(C)C(O)Cc1cc2ccccc2s1. The average molecular weight is 250 g/mol. The highest BCUT2D eigenvalue weighted by Gasteiger charge is 2.25. The minimum atomic E-state index is -1.43. The molecule has 0 amide bonds. The summed E-state index contributed by atoms with van der Waals surface area (Å²) in [6.07, 6.45) is 0.815. The molecule has 0 fully saturated rings. The molecule has 16 heavy (non-hydrogen) atoms. The molecule has 1 nitrogen and oxygen atoms in total. The molecule has 1 heterocycles. The van der Waals surface area contributed by atoms with Crippen LogP contribution in [0.3, 0.4) is 0 Å². The van der Waals surface area contributed by atoms with Crippen molar-refractivity contribution in [2.75, 3.05) is 0 Å². The van der Waals surface area contributed by atoms with Crippen molar-refractivity contribution in [1.82, 2.24) is 0 Å². The largest absolute Gasteiger partial charge is 0.396 e. The van der Waals surface area contributed by atoms with E-state index in [1.165, 1.54) is 15.0 Å². The number of hydrogen-bond donors (Lipinski definition) is 1. The Labute approximate surface area is 102 Å². The van der Waals surface area contributed by atoms with Crippen molar-refractivity contribution in [3.63, 3.8) is 0 Å². The third-order valence-corrected chi connectivity index (χ3v) is 6.21. The van der Waals surface area contributed by atoms with Crippen molar-refractivity contribution in [3.05, 3.63) is 35.2 Å². The first-order chi connectivity index (χ1) is 7.47. The Morgan fingerprint density at radius 3 is 2.56 bits per heavy atom. The van der Waals surface area contributed by atoms with Crippen molar-refractivity contribution in [1.29, 1.82) is 0 Å². The first-order valence-electron chi connectivity index (χ1n) is 5.62. The Hall–Kier alpha value is -0.643. The Morgan fingerprint density at radius 1 is 1.25 bits per heavy atom. The van der Waals surface area contributed by atoms with Gasteiger partial charge in [0.05, 0.1) is 8.07 Å². The lowest BCUT2D eigenvalue weighted by Gasteiger charge is -2.22. The van der Waals surface area contributed by atoms with Gasteiger partial charge in [0.2, 0.25) is 0 Å². The second-order valence-corrected chi connectivity index (χ2v) is 11.9. The molecular weight excluding hydrogens is 232 g/mol. The van der Waals surface area contributed by atoms with Crippen molar-refractivity contribution >= 4 is 29.5 Å². The van der Waals surface area contributed by atoms with E-state index in [9.17, 15) is 5.11 Å². The van der Waals surface area contributed by atoms with Crippen molar-refractivity contribution in [2.24, 2.45) is 0 Å². The molecule has 1 aromatic carbocycles. The lowest BCUT2D eigenvalue weighted by Crippen LogP contribution is -2.39. The summed E-state index contributed by atoms with van der Waals surface area (Å²) in [4.78, 5) is 1.30. The zero-order valence-corrected chi connectivity index (χ0v) is 11.8. The molecule has 0 radical (unpaired) electrons. The molecule has 0 saturated carbocycles. The summed E-state index contributed by atoms with van der Waals surface area (Å²) in [7, 11) is -1.43. The van der Waals surface area contributed by atoms with Gasteiger partial charge in [0.25, 0.3) is 0 Å². The summed E-state index contributed by atoms with van der Waals surface area (Å²) in [5.41, 5.74) is -0.138. The summed E-state index contributed by atoms with van der Waals surface area (Å²) >= 11 is 1.80. The van der Waals surface area contributed by atoms with Crippen LogP contribution < -0.4 is 0 Å². The quantitative estimate of drug-likeness (QED) is 0.824. The van der Waals surface area contributed by atoms with Crippen molar-refractivity contribution in [2.45, 2.75) is 31.8 Å². The van der Waals surface area contributed by atoms with Gasteiger partial charge in [-0.15, -0.1) is 11.3 Å². The van der Waals surface area contributed by atoms with Gasteiger partial charge in [0, 0.05) is 21.7 Å². The van der Waals surface area contributed by atoms with Gasteiger partial charge >= 0.3 is 0 Å². The number of aliphatic hydroxyl groups excluding tert-OH is 1. The van der Waals surface area contributed by atoms with Crippen LogP contribution in [-0.4, -0.2) is 18.9 Å². The van der Waals surface area contributed by atoms with Gasteiger partial charge in [-0.3, -0.25) is 0 Å². The molecule has 0 aliphatic rings. The molecule has 0 aliphatic carbocycles. The van der Waals surface area contributed by atoms with E-state index in [1.54, 1.807) is 11.3 Å². The van der Waals surface area contributed by atoms with Gasteiger partial charge in [-0.05, 0) is 17.5 Å². The van der Waals surface area contributed by atoms with E-state index >= 15 is 0 Å². The minimum Gasteiger partial charge on any atom is -0.396 e. The molecule has 0 saturated heterocycles. The number of thiophene rings is 1. The molecule has 0 bridgehead atoms. The molecule has 1 atom stereocenters. The molecule has 86 valence electrons. The van der Waals surface area contributed by atoms with Crippen LogP contribution in [0.15, 0.2) is 30.3 Å². The molecule has 1 unspecified atom stereocenters. The maximum Gasteiger partial charge on any atom is 0.0786 e. The maximum absolute atomic E-state index is 10.1. The van der Waals surface area contributed by atoms with Crippen LogP contribution in [0.1, 0.15) is 4.88 Å². The Bertz CT molecular complexity index is 451. The second-order valence-electron chi connectivity index (χ2n) is 5.34. The highest BCUT2D eigenvalue weighted by atomic mass is 32.1. The maximum atomic E-state index is 10.1. The molecule has 2 aromatic rings. The molecular formula is C13H18OSSi. The number of hydrogen-bond acceptors (Lipinski definition) is 2. The summed E-state index contributed by atoms with van der Waals surface area (Å²) in [6.45, 7) is 6.64. The molecule has 1 N–H and O–H groups in total. The van der Waals surface area contributed by atoms with Crippen LogP contribution in [0.5, 0.6) is 0 Å². The zero-order chi connectivity index (χ0) is 11.8. The summed E-state index contributed by atoms with van der Waals surface area (Å²) < 4.78 is 1.32. The van der Waals surface area contributed by atoms with Gasteiger partial charge in [-0.2, -0.15) is 0 Å². The highest BCUT2D eigenvalue weighted by Crippen LogP contribution is 2.27. The fraction of sp³-hybridized carbons (Fsp3) is 0.385. The van der Waals surface area contributed by atoms with E-state index in [-0.39, 0.29) is 5.73 Å². The van der Waals surface area contributed by atoms with E-state index in [0.717, 1.165) is 6.42 Å². The minimum absolute atomic E-state index is 0.138. The van der Waals surface area contributed by atoms with Crippen LogP contribution in [0.25, 0.3) is 10.1 Å². The van der Waals surface area contributed by atoms with Gasteiger partial charge in [0.1, 0.15) is 0 Å². The molecule has 2 rings (SSSR count). The lowest BCUT2D eigenvalue weighted by atomic mass is 10.2. The normalized spacial score (nSPS) is 14.2. The Morgan fingerprint density at radius 2 is 1.94 bits per heavy atom. The smallest absolute Gasteiger partial charge is 0.0786 e. The van der Waals surface area contributed by atoms with Gasteiger partial charge in [-0.25, -0.2) is 0 Å². The van der Waals surface area contributed by atoms with E-state index in [0.29, 0.717) is 0 Å². The van der Waals surface area contributed by atoms with E-state index in [1.807, 2.05) is 0 Å². The summed E-state index contributed by atoms with van der Waals surface area (Å²) in [6, 6.07) is 10.6. The number of rotatable bonds is 3. The summed E-state index contributed by atoms with van der Waals surface area (Å²) in [5.74, 6) is 0.